The van der Waals surface area contributed by atoms with Gasteiger partial charge in [0.2, 0.25) is 5.88 Å². The molecule has 0 saturated heterocycles. The summed E-state index contributed by atoms with van der Waals surface area (Å²) in [6.07, 6.45) is 1.60. The molecule has 6 heteroatoms. The Labute approximate surface area is 103 Å². The molecule has 0 spiro atoms. The maximum absolute atomic E-state index is 9.65. The van der Waals surface area contributed by atoms with Crippen molar-refractivity contribution < 1.29 is 10.2 Å². The van der Waals surface area contributed by atoms with Gasteiger partial charge in [0.25, 0.3) is 0 Å². The standard InChI is InChI=1S/C12H12N4O2/c13-8-2-1-3-9-7(8)5-16(6-14-9)10-4-11(17)15-12(10)18/h1-4,6,15,17-18H,5,13H2. The highest BCUT2D eigenvalue weighted by Gasteiger charge is 2.19. The first-order chi connectivity index (χ1) is 8.65. The van der Waals surface area contributed by atoms with Crippen molar-refractivity contribution in [3.8, 4) is 11.8 Å². The number of rotatable bonds is 1. The highest BCUT2D eigenvalue weighted by molar-refractivity contribution is 5.87. The van der Waals surface area contributed by atoms with Crippen molar-refractivity contribution in [2.75, 3.05) is 10.6 Å². The van der Waals surface area contributed by atoms with E-state index in [0.717, 1.165) is 11.3 Å². The number of aromatic nitrogens is 1. The van der Waals surface area contributed by atoms with Gasteiger partial charge in [0.05, 0.1) is 18.6 Å². The minimum atomic E-state index is -0.100. The fourth-order valence-electron chi connectivity index (χ4n) is 2.01. The molecule has 5 N–H and O–H groups in total. The molecule has 0 bridgehead atoms. The van der Waals surface area contributed by atoms with Crippen molar-refractivity contribution >= 4 is 23.4 Å². The molecule has 3 rings (SSSR count). The van der Waals surface area contributed by atoms with E-state index < -0.39 is 0 Å². The average molecular weight is 244 g/mol. The highest BCUT2D eigenvalue weighted by atomic mass is 16.3. The molecule has 1 aromatic carbocycles. The second-order valence-corrected chi connectivity index (χ2v) is 4.11. The van der Waals surface area contributed by atoms with E-state index in [-0.39, 0.29) is 11.8 Å². The normalized spacial score (nSPS) is 13.7. The number of nitrogens with zero attached hydrogens (tertiary/aromatic N) is 2. The Morgan fingerprint density at radius 1 is 1.33 bits per heavy atom. The fourth-order valence-corrected chi connectivity index (χ4v) is 2.01. The largest absolute Gasteiger partial charge is 0.494 e. The number of fused-ring (bicyclic) bond motifs is 1. The zero-order valence-corrected chi connectivity index (χ0v) is 9.46. The first-order valence-electron chi connectivity index (χ1n) is 5.44. The number of anilines is 2. The van der Waals surface area contributed by atoms with Gasteiger partial charge in [-0.15, -0.1) is 0 Å². The summed E-state index contributed by atoms with van der Waals surface area (Å²) in [6, 6.07) is 6.98. The maximum Gasteiger partial charge on any atom is 0.215 e. The van der Waals surface area contributed by atoms with Gasteiger partial charge in [-0.2, -0.15) is 0 Å². The summed E-state index contributed by atoms with van der Waals surface area (Å²) in [6.45, 7) is 0.496. The number of nitrogens with two attached hydrogens (primary N) is 1. The molecule has 0 radical (unpaired) electrons. The van der Waals surface area contributed by atoms with Gasteiger partial charge in [-0.1, -0.05) is 6.07 Å². The molecule has 92 valence electrons. The zero-order chi connectivity index (χ0) is 12.7. The monoisotopic (exact) mass is 244 g/mol. The summed E-state index contributed by atoms with van der Waals surface area (Å²) < 4.78 is 0. The maximum atomic E-state index is 9.65. The van der Waals surface area contributed by atoms with Gasteiger partial charge >= 0.3 is 0 Å². The smallest absolute Gasteiger partial charge is 0.215 e. The van der Waals surface area contributed by atoms with E-state index in [1.165, 1.54) is 6.07 Å². The molecule has 1 aliphatic heterocycles. The Balaban J connectivity index is 2.01. The summed E-state index contributed by atoms with van der Waals surface area (Å²) in [5.41, 5.74) is 8.76. The van der Waals surface area contributed by atoms with Gasteiger partial charge in [0.1, 0.15) is 5.69 Å². The molecular weight excluding hydrogens is 232 g/mol. The number of aromatic hydroxyl groups is 2. The third-order valence-corrected chi connectivity index (χ3v) is 2.92. The molecule has 1 aromatic heterocycles. The highest BCUT2D eigenvalue weighted by Crippen LogP contribution is 2.36. The molecule has 18 heavy (non-hydrogen) atoms. The van der Waals surface area contributed by atoms with Crippen LogP contribution in [0.4, 0.5) is 17.1 Å². The number of hydrogen-bond acceptors (Lipinski definition) is 5. The molecule has 0 unspecified atom stereocenters. The van der Waals surface area contributed by atoms with Crippen LogP contribution in [0.1, 0.15) is 5.56 Å². The van der Waals surface area contributed by atoms with Crippen molar-refractivity contribution in [1.29, 1.82) is 0 Å². The van der Waals surface area contributed by atoms with Crippen LogP contribution in [-0.4, -0.2) is 21.5 Å². The minimum absolute atomic E-state index is 0.0947. The minimum Gasteiger partial charge on any atom is -0.494 e. The Kier molecular flexibility index (Phi) is 2.16. The summed E-state index contributed by atoms with van der Waals surface area (Å²) >= 11 is 0. The molecule has 0 fully saturated rings. The topological polar surface area (TPSA) is 97.9 Å². The SMILES string of the molecule is Nc1cccc2c1CN(c1cc(O)[nH]c1O)C=N2. The van der Waals surface area contributed by atoms with Crippen molar-refractivity contribution in [2.45, 2.75) is 6.54 Å². The second kappa shape index (κ2) is 3.69. The quantitative estimate of drug-likeness (QED) is 0.574. The van der Waals surface area contributed by atoms with Crippen LogP contribution in [0.5, 0.6) is 11.8 Å². The van der Waals surface area contributed by atoms with Crippen LogP contribution in [0.25, 0.3) is 0 Å². The van der Waals surface area contributed by atoms with Crippen LogP contribution in [-0.2, 0) is 6.54 Å². The number of benzene rings is 1. The van der Waals surface area contributed by atoms with E-state index in [1.54, 1.807) is 11.2 Å². The van der Waals surface area contributed by atoms with Crippen LogP contribution in [0.15, 0.2) is 29.3 Å². The summed E-state index contributed by atoms with van der Waals surface area (Å²) in [5.74, 6) is -0.195. The first kappa shape index (κ1) is 10.5. The molecular formula is C12H12N4O2. The van der Waals surface area contributed by atoms with Gasteiger partial charge in [0.15, 0.2) is 5.88 Å². The van der Waals surface area contributed by atoms with Crippen LogP contribution in [0, 0.1) is 0 Å². The molecule has 1 aliphatic rings. The van der Waals surface area contributed by atoms with Gasteiger partial charge in [-0.25, -0.2) is 4.99 Å². The Morgan fingerprint density at radius 3 is 2.89 bits per heavy atom. The third-order valence-electron chi connectivity index (χ3n) is 2.92. The second-order valence-electron chi connectivity index (χ2n) is 4.11. The Bertz CT molecular complexity index is 633. The first-order valence-corrected chi connectivity index (χ1v) is 5.44. The van der Waals surface area contributed by atoms with Crippen LogP contribution in [0.2, 0.25) is 0 Å². The van der Waals surface area contributed by atoms with Crippen molar-refractivity contribution in [1.82, 2.24) is 4.98 Å². The average Bonchev–Trinajstić information content (AvgIpc) is 2.69. The molecule has 2 aromatic rings. The number of nitrogens with one attached hydrogen (secondary N) is 1. The van der Waals surface area contributed by atoms with Crippen LogP contribution in [0.3, 0.4) is 0 Å². The Hall–Kier alpha value is -2.63. The van der Waals surface area contributed by atoms with E-state index in [2.05, 4.69) is 9.98 Å². The van der Waals surface area contributed by atoms with E-state index in [9.17, 15) is 10.2 Å². The Morgan fingerprint density at radius 2 is 2.17 bits per heavy atom. The van der Waals surface area contributed by atoms with Crippen LogP contribution >= 0.6 is 0 Å². The van der Waals surface area contributed by atoms with Gasteiger partial charge in [-0.05, 0) is 12.1 Å². The molecule has 0 amide bonds. The van der Waals surface area contributed by atoms with Gasteiger partial charge in [0, 0.05) is 17.3 Å². The number of hydrogen-bond donors (Lipinski definition) is 4. The van der Waals surface area contributed by atoms with E-state index >= 15 is 0 Å². The third kappa shape index (κ3) is 1.55. The lowest BCUT2D eigenvalue weighted by atomic mass is 10.1. The number of aliphatic imine (C=N–C) groups is 1. The van der Waals surface area contributed by atoms with Crippen LogP contribution < -0.4 is 10.6 Å². The lowest BCUT2D eigenvalue weighted by Crippen LogP contribution is -2.23. The zero-order valence-electron chi connectivity index (χ0n) is 9.46. The number of aromatic amines is 1. The molecule has 0 aliphatic carbocycles. The fraction of sp³-hybridized carbons (Fsp3) is 0.0833. The van der Waals surface area contributed by atoms with E-state index in [1.807, 2.05) is 18.2 Å². The van der Waals surface area contributed by atoms with Crippen molar-refractivity contribution in [2.24, 2.45) is 4.99 Å². The predicted octanol–water partition coefficient (Wildman–Crippen LogP) is 1.69. The molecule has 0 atom stereocenters. The van der Waals surface area contributed by atoms with Crippen molar-refractivity contribution in [3.05, 3.63) is 29.8 Å². The van der Waals surface area contributed by atoms with Gasteiger partial charge in [-0.3, -0.25) is 4.98 Å². The lowest BCUT2D eigenvalue weighted by Gasteiger charge is -2.24. The van der Waals surface area contributed by atoms with E-state index in [4.69, 9.17) is 5.73 Å². The summed E-state index contributed by atoms with van der Waals surface area (Å²) in [4.78, 5) is 8.41. The van der Waals surface area contributed by atoms with Crippen molar-refractivity contribution in [3.63, 3.8) is 0 Å². The van der Waals surface area contributed by atoms with E-state index in [0.29, 0.717) is 17.9 Å². The predicted molar refractivity (Wildman–Crippen MR) is 69.3 cm³/mol. The number of nitrogen functional groups attached to an aromatic ring is 1. The summed E-state index contributed by atoms with van der Waals surface area (Å²) in [5, 5.41) is 19.0. The lowest BCUT2D eigenvalue weighted by molar-refractivity contribution is 0.425. The molecule has 2 heterocycles. The van der Waals surface area contributed by atoms with Gasteiger partial charge < -0.3 is 20.8 Å². The molecule has 0 saturated carbocycles. The summed E-state index contributed by atoms with van der Waals surface area (Å²) in [7, 11) is 0. The number of H-pyrrole nitrogens is 1. The molecule has 6 nitrogen and oxygen atoms in total.